The SMILES string of the molecule is CC[C@@H](C(=O)NC(C)C)N(Cc1cccc(C)c1)C(=O)COc1ccc(Br)cc1Cl. The maximum atomic E-state index is 13.1. The van der Waals surface area contributed by atoms with E-state index in [4.69, 9.17) is 16.3 Å². The van der Waals surface area contributed by atoms with Crippen LogP contribution in [0, 0.1) is 6.92 Å². The van der Waals surface area contributed by atoms with Gasteiger partial charge in [-0.15, -0.1) is 0 Å². The molecular formula is C23H28BrClN2O3. The third-order valence-corrected chi connectivity index (χ3v) is 5.29. The van der Waals surface area contributed by atoms with E-state index in [-0.39, 0.29) is 24.5 Å². The van der Waals surface area contributed by atoms with Crippen molar-refractivity contribution >= 4 is 39.3 Å². The van der Waals surface area contributed by atoms with Crippen molar-refractivity contribution in [3.05, 3.63) is 63.1 Å². The van der Waals surface area contributed by atoms with E-state index in [0.29, 0.717) is 23.7 Å². The molecule has 2 amide bonds. The number of carbonyl (C=O) groups is 2. The van der Waals surface area contributed by atoms with E-state index in [2.05, 4.69) is 21.2 Å². The van der Waals surface area contributed by atoms with Crippen LogP contribution in [0.15, 0.2) is 46.9 Å². The quantitative estimate of drug-likeness (QED) is 0.525. The van der Waals surface area contributed by atoms with Crippen molar-refractivity contribution in [2.75, 3.05) is 6.61 Å². The summed E-state index contributed by atoms with van der Waals surface area (Å²) >= 11 is 9.54. The van der Waals surface area contributed by atoms with E-state index >= 15 is 0 Å². The average molecular weight is 496 g/mol. The van der Waals surface area contributed by atoms with Gasteiger partial charge in [-0.3, -0.25) is 9.59 Å². The van der Waals surface area contributed by atoms with Crippen LogP contribution >= 0.6 is 27.5 Å². The van der Waals surface area contributed by atoms with Crippen LogP contribution in [0.3, 0.4) is 0 Å². The van der Waals surface area contributed by atoms with Gasteiger partial charge in [-0.25, -0.2) is 0 Å². The lowest BCUT2D eigenvalue weighted by Gasteiger charge is -2.31. The first kappa shape index (κ1) is 24.2. The number of amides is 2. The summed E-state index contributed by atoms with van der Waals surface area (Å²) in [4.78, 5) is 27.5. The molecule has 2 aromatic carbocycles. The highest BCUT2D eigenvalue weighted by atomic mass is 79.9. The highest BCUT2D eigenvalue weighted by Crippen LogP contribution is 2.28. The fraction of sp³-hybridized carbons (Fsp3) is 0.391. The predicted octanol–water partition coefficient (Wildman–Crippen LogP) is 5.12. The van der Waals surface area contributed by atoms with Gasteiger partial charge in [0, 0.05) is 17.1 Å². The number of ether oxygens (including phenoxy) is 1. The molecule has 5 nitrogen and oxygen atoms in total. The minimum absolute atomic E-state index is 0.0136. The maximum absolute atomic E-state index is 13.1. The Hall–Kier alpha value is -2.05. The maximum Gasteiger partial charge on any atom is 0.261 e. The van der Waals surface area contributed by atoms with Crippen LogP contribution in [0.5, 0.6) is 5.75 Å². The van der Waals surface area contributed by atoms with Crippen molar-refractivity contribution in [2.45, 2.75) is 52.7 Å². The second-order valence-electron chi connectivity index (χ2n) is 7.46. The molecule has 1 N–H and O–H groups in total. The lowest BCUT2D eigenvalue weighted by molar-refractivity contribution is -0.143. The highest BCUT2D eigenvalue weighted by molar-refractivity contribution is 9.10. The number of hydrogen-bond donors (Lipinski definition) is 1. The third-order valence-electron chi connectivity index (χ3n) is 4.50. The number of carbonyl (C=O) groups excluding carboxylic acids is 2. The van der Waals surface area contributed by atoms with Gasteiger partial charge in [0.15, 0.2) is 6.61 Å². The molecule has 0 unspecified atom stereocenters. The van der Waals surface area contributed by atoms with Crippen LogP contribution in [-0.2, 0) is 16.1 Å². The molecule has 2 aromatic rings. The predicted molar refractivity (Wildman–Crippen MR) is 124 cm³/mol. The Morgan fingerprint density at radius 2 is 1.93 bits per heavy atom. The first-order chi connectivity index (χ1) is 14.2. The summed E-state index contributed by atoms with van der Waals surface area (Å²) in [6.07, 6.45) is 0.495. The zero-order valence-electron chi connectivity index (χ0n) is 17.7. The number of halogens is 2. The van der Waals surface area contributed by atoms with Crippen molar-refractivity contribution in [3.8, 4) is 5.75 Å². The Bertz CT molecular complexity index is 889. The van der Waals surface area contributed by atoms with Crippen molar-refractivity contribution in [2.24, 2.45) is 0 Å². The van der Waals surface area contributed by atoms with Gasteiger partial charge in [0.25, 0.3) is 5.91 Å². The Kier molecular flexibility index (Phi) is 9.18. The molecule has 0 aromatic heterocycles. The van der Waals surface area contributed by atoms with E-state index in [9.17, 15) is 9.59 Å². The molecule has 0 spiro atoms. The monoisotopic (exact) mass is 494 g/mol. The van der Waals surface area contributed by atoms with E-state index < -0.39 is 6.04 Å². The molecule has 0 fully saturated rings. The molecule has 7 heteroatoms. The topological polar surface area (TPSA) is 58.6 Å². The average Bonchev–Trinajstić information content (AvgIpc) is 2.66. The van der Waals surface area contributed by atoms with E-state index in [0.717, 1.165) is 15.6 Å². The van der Waals surface area contributed by atoms with Crippen LogP contribution in [0.4, 0.5) is 0 Å². The number of nitrogens with zero attached hydrogens (tertiary/aromatic N) is 1. The fourth-order valence-electron chi connectivity index (χ4n) is 3.12. The second-order valence-corrected chi connectivity index (χ2v) is 8.78. The zero-order chi connectivity index (χ0) is 22.3. The summed E-state index contributed by atoms with van der Waals surface area (Å²) in [6, 6.07) is 12.5. The molecule has 30 heavy (non-hydrogen) atoms. The molecule has 0 radical (unpaired) electrons. The molecule has 0 aliphatic rings. The smallest absolute Gasteiger partial charge is 0.261 e. The highest BCUT2D eigenvalue weighted by Gasteiger charge is 2.29. The van der Waals surface area contributed by atoms with Gasteiger partial charge < -0.3 is 15.0 Å². The van der Waals surface area contributed by atoms with Gasteiger partial charge in [-0.2, -0.15) is 0 Å². The third kappa shape index (κ3) is 7.03. The number of nitrogens with one attached hydrogen (secondary N) is 1. The lowest BCUT2D eigenvalue weighted by Crippen LogP contribution is -2.51. The molecule has 0 heterocycles. The molecule has 162 valence electrons. The Morgan fingerprint density at radius 1 is 1.20 bits per heavy atom. The van der Waals surface area contributed by atoms with E-state index in [1.807, 2.05) is 52.0 Å². The summed E-state index contributed by atoms with van der Waals surface area (Å²) < 4.78 is 6.50. The zero-order valence-corrected chi connectivity index (χ0v) is 20.1. The van der Waals surface area contributed by atoms with Gasteiger partial charge >= 0.3 is 0 Å². The Morgan fingerprint density at radius 3 is 2.53 bits per heavy atom. The molecular weight excluding hydrogens is 468 g/mol. The number of aryl methyl sites for hydroxylation is 1. The molecule has 0 aliphatic carbocycles. The number of rotatable bonds is 9. The van der Waals surface area contributed by atoms with Gasteiger partial charge in [0.2, 0.25) is 5.91 Å². The van der Waals surface area contributed by atoms with Crippen molar-refractivity contribution in [3.63, 3.8) is 0 Å². The Balaban J connectivity index is 2.23. The number of benzene rings is 2. The van der Waals surface area contributed by atoms with E-state index in [1.165, 1.54) is 0 Å². The molecule has 0 saturated carbocycles. The van der Waals surface area contributed by atoms with Gasteiger partial charge in [-0.1, -0.05) is 64.3 Å². The lowest BCUT2D eigenvalue weighted by atomic mass is 10.1. The minimum atomic E-state index is -0.593. The number of hydrogen-bond acceptors (Lipinski definition) is 3. The van der Waals surface area contributed by atoms with Crippen LogP contribution in [0.2, 0.25) is 5.02 Å². The molecule has 1 atom stereocenters. The van der Waals surface area contributed by atoms with Crippen molar-refractivity contribution in [1.82, 2.24) is 10.2 Å². The summed E-state index contributed by atoms with van der Waals surface area (Å²) in [5.41, 5.74) is 2.05. The Labute approximate surface area is 191 Å². The summed E-state index contributed by atoms with van der Waals surface area (Å²) in [5, 5.41) is 3.32. The minimum Gasteiger partial charge on any atom is -0.482 e. The van der Waals surface area contributed by atoms with Gasteiger partial charge in [0.1, 0.15) is 11.8 Å². The normalized spacial score (nSPS) is 11.8. The second kappa shape index (κ2) is 11.4. The summed E-state index contributed by atoms with van der Waals surface area (Å²) in [5.74, 6) is -0.0279. The summed E-state index contributed by atoms with van der Waals surface area (Å²) in [6.45, 7) is 7.80. The largest absolute Gasteiger partial charge is 0.482 e. The molecule has 0 saturated heterocycles. The van der Waals surface area contributed by atoms with Crippen LogP contribution < -0.4 is 10.1 Å². The molecule has 0 aliphatic heterocycles. The molecule has 2 rings (SSSR count). The van der Waals surface area contributed by atoms with Crippen LogP contribution in [0.25, 0.3) is 0 Å². The van der Waals surface area contributed by atoms with Crippen molar-refractivity contribution in [1.29, 1.82) is 0 Å². The van der Waals surface area contributed by atoms with Crippen LogP contribution in [-0.4, -0.2) is 35.4 Å². The molecule has 0 bridgehead atoms. The standard InChI is InChI=1S/C23H28BrClN2O3/c1-5-20(23(29)26-15(2)3)27(13-17-8-6-7-16(4)11-17)22(28)14-30-21-10-9-18(24)12-19(21)25/h6-12,15,20H,5,13-14H2,1-4H3,(H,26,29)/t20-/m0/s1. The summed E-state index contributed by atoms with van der Waals surface area (Å²) in [7, 11) is 0. The van der Waals surface area contributed by atoms with Crippen LogP contribution in [0.1, 0.15) is 38.3 Å². The first-order valence-electron chi connectivity index (χ1n) is 9.94. The first-order valence-corrected chi connectivity index (χ1v) is 11.1. The van der Waals surface area contributed by atoms with Crippen molar-refractivity contribution < 1.29 is 14.3 Å². The van der Waals surface area contributed by atoms with E-state index in [1.54, 1.807) is 23.1 Å². The van der Waals surface area contributed by atoms with Gasteiger partial charge in [0.05, 0.1) is 5.02 Å². The van der Waals surface area contributed by atoms with Gasteiger partial charge in [-0.05, 0) is 51.0 Å². The fourth-order valence-corrected chi connectivity index (χ4v) is 3.85.